The zero-order valence-corrected chi connectivity index (χ0v) is 15.6. The number of nitrogens with one attached hydrogen (secondary N) is 1. The first-order valence-electron chi connectivity index (χ1n) is 10.0. The first kappa shape index (κ1) is 18.5. The van der Waals surface area contributed by atoms with Crippen LogP contribution in [0.1, 0.15) is 63.7 Å². The quantitative estimate of drug-likeness (QED) is 0.823. The average molecular weight is 348 g/mol. The molecule has 0 bridgehead atoms. The van der Waals surface area contributed by atoms with Crippen LogP contribution in [0.4, 0.5) is 0 Å². The van der Waals surface area contributed by atoms with Crippen LogP contribution in [0.25, 0.3) is 0 Å². The molecule has 1 N–H and O–H groups in total. The van der Waals surface area contributed by atoms with Gasteiger partial charge in [-0.3, -0.25) is 9.69 Å². The summed E-state index contributed by atoms with van der Waals surface area (Å²) in [7, 11) is 0. The molecule has 3 heterocycles. The second-order valence-electron chi connectivity index (χ2n) is 7.58. The number of likely N-dealkylation sites (tertiary alicyclic amines) is 2. The van der Waals surface area contributed by atoms with Gasteiger partial charge in [-0.2, -0.15) is 0 Å². The van der Waals surface area contributed by atoms with Crippen LogP contribution in [0.3, 0.4) is 0 Å². The summed E-state index contributed by atoms with van der Waals surface area (Å²) in [4.78, 5) is 17.1. The highest BCUT2D eigenvalue weighted by molar-refractivity contribution is 5.76. The molecule has 2 saturated heterocycles. The van der Waals surface area contributed by atoms with Crippen molar-refractivity contribution >= 4 is 5.91 Å². The highest BCUT2D eigenvalue weighted by Crippen LogP contribution is 2.25. The highest BCUT2D eigenvalue weighted by atomic mass is 16.3. The molecule has 2 aliphatic rings. The summed E-state index contributed by atoms with van der Waals surface area (Å²) in [5.41, 5.74) is 0. The first-order valence-corrected chi connectivity index (χ1v) is 10.0. The predicted molar refractivity (Wildman–Crippen MR) is 99.4 cm³/mol. The number of furan rings is 1. The summed E-state index contributed by atoms with van der Waals surface area (Å²) in [6.07, 6.45) is 9.71. The summed E-state index contributed by atoms with van der Waals surface area (Å²) < 4.78 is 5.67. The van der Waals surface area contributed by atoms with Crippen molar-refractivity contribution in [2.24, 2.45) is 0 Å². The molecule has 2 fully saturated rings. The third kappa shape index (κ3) is 5.32. The van der Waals surface area contributed by atoms with Crippen molar-refractivity contribution in [2.45, 2.75) is 64.0 Å². The molecule has 0 aliphatic carbocycles. The summed E-state index contributed by atoms with van der Waals surface area (Å²) in [6, 6.07) is 4.49. The fourth-order valence-corrected chi connectivity index (χ4v) is 4.04. The third-order valence-corrected chi connectivity index (χ3v) is 5.55. The molecule has 5 nitrogen and oxygen atoms in total. The van der Waals surface area contributed by atoms with E-state index in [4.69, 9.17) is 4.42 Å². The van der Waals surface area contributed by atoms with Crippen LogP contribution in [0, 0.1) is 0 Å². The fourth-order valence-electron chi connectivity index (χ4n) is 4.04. The Kier molecular flexibility index (Phi) is 6.93. The van der Waals surface area contributed by atoms with Crippen LogP contribution in [-0.4, -0.2) is 54.5 Å². The molecule has 140 valence electrons. The molecular formula is C20H33N3O2. The lowest BCUT2D eigenvalue weighted by Crippen LogP contribution is -2.41. The lowest BCUT2D eigenvalue weighted by molar-refractivity contribution is -0.131. The van der Waals surface area contributed by atoms with Gasteiger partial charge in [-0.15, -0.1) is 0 Å². The molecule has 1 aromatic heterocycles. The zero-order chi connectivity index (χ0) is 17.5. The Morgan fingerprint density at radius 1 is 1.12 bits per heavy atom. The van der Waals surface area contributed by atoms with E-state index in [1.54, 1.807) is 6.26 Å². The Balaban J connectivity index is 1.49. The molecule has 0 aromatic carbocycles. The summed E-state index contributed by atoms with van der Waals surface area (Å²) in [5, 5.41) is 3.58. The average Bonchev–Trinajstić information content (AvgIpc) is 3.25. The van der Waals surface area contributed by atoms with E-state index in [9.17, 15) is 4.79 Å². The van der Waals surface area contributed by atoms with Gasteiger partial charge in [0.25, 0.3) is 0 Å². The molecule has 2 atom stereocenters. The number of amides is 1. The predicted octanol–water partition coefficient (Wildman–Crippen LogP) is 3.19. The van der Waals surface area contributed by atoms with E-state index in [-0.39, 0.29) is 12.1 Å². The van der Waals surface area contributed by atoms with Gasteiger partial charge in [0.1, 0.15) is 5.76 Å². The maximum atomic E-state index is 12.5. The lowest BCUT2D eigenvalue weighted by Gasteiger charge is -2.28. The molecule has 0 radical (unpaired) electrons. The largest absolute Gasteiger partial charge is 0.468 e. The highest BCUT2D eigenvalue weighted by Gasteiger charge is 2.26. The smallest absolute Gasteiger partial charge is 0.224 e. The van der Waals surface area contributed by atoms with Gasteiger partial charge < -0.3 is 14.6 Å². The monoisotopic (exact) mass is 347 g/mol. The number of hydrogen-bond acceptors (Lipinski definition) is 4. The molecule has 2 aliphatic heterocycles. The number of nitrogens with zero attached hydrogens (tertiary/aromatic N) is 2. The molecule has 1 aromatic rings. The van der Waals surface area contributed by atoms with Crippen LogP contribution in [0.5, 0.6) is 0 Å². The van der Waals surface area contributed by atoms with Gasteiger partial charge in [0.15, 0.2) is 0 Å². The van der Waals surface area contributed by atoms with E-state index >= 15 is 0 Å². The zero-order valence-electron chi connectivity index (χ0n) is 15.6. The Morgan fingerprint density at radius 2 is 1.80 bits per heavy atom. The molecule has 2 unspecified atom stereocenters. The number of carbonyl (C=O) groups is 1. The fraction of sp³-hybridized carbons (Fsp3) is 0.750. The summed E-state index contributed by atoms with van der Waals surface area (Å²) in [5.74, 6) is 1.33. The van der Waals surface area contributed by atoms with Crippen LogP contribution >= 0.6 is 0 Å². The van der Waals surface area contributed by atoms with Gasteiger partial charge in [-0.25, -0.2) is 0 Å². The van der Waals surface area contributed by atoms with Gasteiger partial charge in [0.05, 0.1) is 12.3 Å². The Morgan fingerprint density at radius 3 is 2.44 bits per heavy atom. The van der Waals surface area contributed by atoms with E-state index in [2.05, 4.69) is 28.1 Å². The minimum atomic E-state index is 0.191. The van der Waals surface area contributed by atoms with Crippen LogP contribution in [-0.2, 0) is 4.79 Å². The Hall–Kier alpha value is -1.33. The van der Waals surface area contributed by atoms with Crippen molar-refractivity contribution < 1.29 is 9.21 Å². The van der Waals surface area contributed by atoms with Gasteiger partial charge >= 0.3 is 0 Å². The minimum Gasteiger partial charge on any atom is -0.468 e. The summed E-state index contributed by atoms with van der Waals surface area (Å²) >= 11 is 0. The number of rotatable bonds is 7. The topological polar surface area (TPSA) is 48.7 Å². The van der Waals surface area contributed by atoms with E-state index in [0.29, 0.717) is 12.3 Å². The van der Waals surface area contributed by atoms with E-state index in [1.165, 1.54) is 25.7 Å². The molecule has 0 spiro atoms. The van der Waals surface area contributed by atoms with Gasteiger partial charge in [0.2, 0.25) is 5.91 Å². The summed E-state index contributed by atoms with van der Waals surface area (Å²) in [6.45, 7) is 7.10. The second kappa shape index (κ2) is 9.39. The first-order chi connectivity index (χ1) is 12.2. The molecule has 25 heavy (non-hydrogen) atoms. The minimum absolute atomic E-state index is 0.191. The normalized spacial score (nSPS) is 21.9. The molecule has 0 saturated carbocycles. The van der Waals surface area contributed by atoms with Crippen molar-refractivity contribution in [2.75, 3.05) is 32.7 Å². The molecule has 3 rings (SSSR count). The van der Waals surface area contributed by atoms with Crippen molar-refractivity contribution in [3.8, 4) is 0 Å². The SMILES string of the molecule is CC(CC(=O)N1CCCCCC1)NCC(c1ccco1)N1CCCC1. The molecule has 5 heteroatoms. The van der Waals surface area contributed by atoms with E-state index in [0.717, 1.165) is 51.3 Å². The molecule has 1 amide bonds. The standard InChI is InChI=1S/C20H33N3O2/c1-17(15-20(24)23-12-4-2-3-5-13-23)21-16-18(19-9-8-14-25-19)22-10-6-7-11-22/h8-9,14,17-18,21H,2-7,10-13,15-16H2,1H3. The second-order valence-corrected chi connectivity index (χ2v) is 7.58. The number of hydrogen-bond donors (Lipinski definition) is 1. The van der Waals surface area contributed by atoms with E-state index in [1.807, 2.05) is 6.07 Å². The maximum Gasteiger partial charge on any atom is 0.224 e. The van der Waals surface area contributed by atoms with E-state index < -0.39 is 0 Å². The van der Waals surface area contributed by atoms with Crippen LogP contribution in [0.15, 0.2) is 22.8 Å². The lowest BCUT2D eigenvalue weighted by atomic mass is 10.1. The Labute approximate surface area is 151 Å². The van der Waals surface area contributed by atoms with Crippen molar-refractivity contribution in [1.82, 2.24) is 15.1 Å². The van der Waals surface area contributed by atoms with Gasteiger partial charge in [-0.05, 0) is 57.8 Å². The number of carbonyl (C=O) groups excluding carboxylic acids is 1. The van der Waals surface area contributed by atoms with Crippen molar-refractivity contribution in [3.05, 3.63) is 24.2 Å². The van der Waals surface area contributed by atoms with Crippen LogP contribution < -0.4 is 5.32 Å². The van der Waals surface area contributed by atoms with Crippen molar-refractivity contribution in [3.63, 3.8) is 0 Å². The Bertz CT molecular complexity index is 503. The van der Waals surface area contributed by atoms with Crippen LogP contribution in [0.2, 0.25) is 0 Å². The third-order valence-electron chi connectivity index (χ3n) is 5.55. The maximum absolute atomic E-state index is 12.5. The van der Waals surface area contributed by atoms with Crippen molar-refractivity contribution in [1.29, 1.82) is 0 Å². The van der Waals surface area contributed by atoms with Gasteiger partial charge in [-0.1, -0.05) is 12.8 Å². The molecular weight excluding hydrogens is 314 g/mol. The van der Waals surface area contributed by atoms with Gasteiger partial charge in [0, 0.05) is 32.1 Å².